The number of hydrogen-bond acceptors (Lipinski definition) is 9. The van der Waals surface area contributed by atoms with E-state index in [0.717, 1.165) is 6.33 Å². The minimum Gasteiger partial charge on any atom is -0.443 e. The number of aromatic nitrogens is 4. The third kappa shape index (κ3) is 7.33. The van der Waals surface area contributed by atoms with Crippen molar-refractivity contribution in [2.45, 2.75) is 66.6 Å². The van der Waals surface area contributed by atoms with Crippen LogP contribution in [0, 0.1) is 25.5 Å². The summed E-state index contributed by atoms with van der Waals surface area (Å²) in [5.41, 5.74) is 5.58. The van der Waals surface area contributed by atoms with E-state index in [4.69, 9.17) is 15.2 Å². The van der Waals surface area contributed by atoms with Gasteiger partial charge in [0.05, 0.1) is 11.0 Å². The van der Waals surface area contributed by atoms with Gasteiger partial charge in [-0.3, -0.25) is 0 Å². The molecule has 40 heavy (non-hydrogen) atoms. The van der Waals surface area contributed by atoms with Crippen molar-refractivity contribution in [3.05, 3.63) is 59.7 Å². The van der Waals surface area contributed by atoms with Gasteiger partial charge >= 0.3 is 12.2 Å². The lowest BCUT2D eigenvalue weighted by Gasteiger charge is -2.28. The molecule has 0 bridgehead atoms. The van der Waals surface area contributed by atoms with Gasteiger partial charge in [0.15, 0.2) is 5.82 Å². The maximum Gasteiger partial charge on any atom is 0.425 e. The molecule has 0 fully saturated rings. The van der Waals surface area contributed by atoms with Gasteiger partial charge in [-0.05, 0) is 78.6 Å². The maximum atomic E-state index is 13.9. The van der Waals surface area contributed by atoms with Crippen molar-refractivity contribution in [2.75, 3.05) is 10.6 Å². The van der Waals surface area contributed by atoms with Crippen molar-refractivity contribution in [1.29, 1.82) is 0 Å². The number of aryl methyl sites for hydroxylation is 2. The molecule has 0 saturated carbocycles. The van der Waals surface area contributed by atoms with Crippen molar-refractivity contribution < 1.29 is 27.8 Å². The van der Waals surface area contributed by atoms with E-state index in [1.54, 1.807) is 61.5 Å². The van der Waals surface area contributed by atoms with E-state index in [0.29, 0.717) is 38.1 Å². The molecule has 0 saturated heterocycles. The van der Waals surface area contributed by atoms with E-state index in [1.165, 1.54) is 24.5 Å². The average Bonchev–Trinajstić information content (AvgIpc) is 2.80. The Morgan fingerprint density at radius 1 is 0.725 bits per heavy atom. The van der Waals surface area contributed by atoms with Gasteiger partial charge in [0.25, 0.3) is 0 Å². The fourth-order valence-electron chi connectivity index (χ4n) is 3.42. The second-order valence-corrected chi connectivity index (χ2v) is 11.0. The molecule has 2 aromatic heterocycles. The molecule has 2 aromatic carbocycles. The largest absolute Gasteiger partial charge is 0.443 e. The Hall–Kier alpha value is -4.48. The number of halogens is 2. The molecule has 4 aromatic rings. The minimum atomic E-state index is -0.946. The molecular formula is C28H32F2N6O4. The number of hydrogen-bond donors (Lipinski definition) is 1. The molecule has 212 valence electrons. The topological polar surface area (TPSA) is 133 Å². The van der Waals surface area contributed by atoms with Crippen molar-refractivity contribution >= 4 is 45.6 Å². The van der Waals surface area contributed by atoms with Gasteiger partial charge in [-0.2, -0.15) is 4.90 Å². The Morgan fingerprint density at radius 2 is 1.15 bits per heavy atom. The Bertz CT molecular complexity index is 1550. The van der Waals surface area contributed by atoms with Gasteiger partial charge in [-0.25, -0.2) is 38.3 Å². The summed E-state index contributed by atoms with van der Waals surface area (Å²) in [5, 5.41) is 1.02. The molecule has 0 radical (unpaired) electrons. The second-order valence-electron chi connectivity index (χ2n) is 11.0. The van der Waals surface area contributed by atoms with Crippen LogP contribution in [-0.4, -0.2) is 43.3 Å². The number of carbonyl (C=O) groups is 2. The summed E-state index contributed by atoms with van der Waals surface area (Å²) >= 11 is 0. The van der Waals surface area contributed by atoms with Crippen LogP contribution in [0.15, 0.2) is 36.9 Å². The van der Waals surface area contributed by atoms with Crippen LogP contribution < -0.4 is 10.6 Å². The maximum absolute atomic E-state index is 13.9. The van der Waals surface area contributed by atoms with E-state index < -0.39 is 29.2 Å². The van der Waals surface area contributed by atoms with Crippen LogP contribution in [0.5, 0.6) is 0 Å². The van der Waals surface area contributed by atoms with Gasteiger partial charge in [-0.1, -0.05) is 0 Å². The number of amides is 2. The normalized spacial score (nSPS) is 11.6. The number of anilines is 2. The first-order valence-corrected chi connectivity index (χ1v) is 12.3. The Labute approximate surface area is 230 Å². The lowest BCUT2D eigenvalue weighted by molar-refractivity contribution is 0.0429. The van der Waals surface area contributed by atoms with E-state index in [2.05, 4.69) is 19.9 Å². The number of carbonyl (C=O) groups excluding carboxylic acids is 2. The zero-order chi connectivity index (χ0) is 30.0. The van der Waals surface area contributed by atoms with Gasteiger partial charge in [0.1, 0.15) is 41.3 Å². The Balaban J connectivity index is 0.000000281. The molecule has 4 rings (SSSR count). The van der Waals surface area contributed by atoms with E-state index in [9.17, 15) is 18.4 Å². The molecule has 0 spiro atoms. The van der Waals surface area contributed by atoms with Crippen molar-refractivity contribution in [2.24, 2.45) is 0 Å². The predicted octanol–water partition coefficient (Wildman–Crippen LogP) is 6.41. The van der Waals surface area contributed by atoms with Crippen molar-refractivity contribution in [3.63, 3.8) is 0 Å². The molecule has 0 aliphatic heterocycles. The van der Waals surface area contributed by atoms with Gasteiger partial charge in [-0.15, -0.1) is 0 Å². The van der Waals surface area contributed by atoms with Crippen LogP contribution in [0.3, 0.4) is 0 Å². The van der Waals surface area contributed by atoms with Gasteiger partial charge < -0.3 is 15.2 Å². The minimum absolute atomic E-state index is 0.0356. The first-order chi connectivity index (χ1) is 18.5. The third-order valence-corrected chi connectivity index (χ3v) is 5.21. The summed E-state index contributed by atoms with van der Waals surface area (Å²) in [6.45, 7) is 13.3. The summed E-state index contributed by atoms with van der Waals surface area (Å²) in [6.07, 6.45) is 0.582. The zero-order valence-electron chi connectivity index (χ0n) is 23.7. The number of ether oxygens (including phenoxy) is 2. The van der Waals surface area contributed by atoms with Crippen LogP contribution in [0.4, 0.5) is 30.0 Å². The summed E-state index contributed by atoms with van der Waals surface area (Å²) in [4.78, 5) is 42.0. The molecule has 10 nitrogen and oxygen atoms in total. The molecule has 2 amide bonds. The molecular weight excluding hydrogens is 522 g/mol. The molecule has 12 heteroatoms. The smallest absolute Gasteiger partial charge is 0.425 e. The predicted molar refractivity (Wildman–Crippen MR) is 148 cm³/mol. The summed E-state index contributed by atoms with van der Waals surface area (Å²) < 4.78 is 37.7. The number of benzene rings is 2. The lowest BCUT2D eigenvalue weighted by atomic mass is 10.1. The zero-order valence-corrected chi connectivity index (χ0v) is 23.7. The number of fused-ring (bicyclic) bond motifs is 2. The fraction of sp³-hybridized carbons (Fsp3) is 0.357. The SMILES string of the molecule is Cc1cc2c(N(C(=O)OC(C)(C)C)C(=O)OC(C)(C)C)ncnc2cc1F.Cc1cc2c(N)ncnc2cc1F. The summed E-state index contributed by atoms with van der Waals surface area (Å²) in [7, 11) is 0. The number of nitrogens with zero attached hydrogens (tertiary/aromatic N) is 5. The molecule has 2 N–H and O–H groups in total. The monoisotopic (exact) mass is 554 g/mol. The third-order valence-electron chi connectivity index (χ3n) is 5.21. The Morgan fingerprint density at radius 3 is 1.62 bits per heavy atom. The van der Waals surface area contributed by atoms with Crippen LogP contribution >= 0.6 is 0 Å². The highest BCUT2D eigenvalue weighted by Crippen LogP contribution is 2.28. The van der Waals surface area contributed by atoms with Crippen LogP contribution in [0.2, 0.25) is 0 Å². The average molecular weight is 555 g/mol. The quantitative estimate of drug-likeness (QED) is 0.283. The fourth-order valence-corrected chi connectivity index (χ4v) is 3.42. The van der Waals surface area contributed by atoms with E-state index in [-0.39, 0.29) is 17.2 Å². The highest BCUT2D eigenvalue weighted by molar-refractivity contribution is 6.13. The molecule has 0 aliphatic rings. The standard InChI is InChI=1S/C19H24FN3O4.C9H8FN3/c1-11-8-12-14(9-13(11)20)21-10-22-15(12)23(16(24)26-18(2,3)4)17(25)27-19(5,6)7;1-5-2-6-8(3-7(5)10)12-4-13-9(6)11/h8-10H,1-7H3;2-4H,1H3,(H2,11,12,13). The van der Waals surface area contributed by atoms with E-state index >= 15 is 0 Å². The number of rotatable bonds is 1. The molecule has 0 aliphatic carbocycles. The van der Waals surface area contributed by atoms with E-state index in [1.807, 2.05) is 0 Å². The summed E-state index contributed by atoms with van der Waals surface area (Å²) in [6, 6.07) is 5.71. The Kier molecular flexibility index (Phi) is 8.51. The van der Waals surface area contributed by atoms with Crippen LogP contribution in [0.1, 0.15) is 52.7 Å². The highest BCUT2D eigenvalue weighted by atomic mass is 19.1. The van der Waals surface area contributed by atoms with Crippen LogP contribution in [0.25, 0.3) is 21.8 Å². The number of nitrogen functional groups attached to an aromatic ring is 1. The lowest BCUT2D eigenvalue weighted by Crippen LogP contribution is -2.44. The van der Waals surface area contributed by atoms with Gasteiger partial charge in [0.2, 0.25) is 0 Å². The first-order valence-electron chi connectivity index (χ1n) is 12.3. The molecule has 0 atom stereocenters. The first kappa shape index (κ1) is 30.1. The molecule has 2 heterocycles. The van der Waals surface area contributed by atoms with Crippen molar-refractivity contribution in [3.8, 4) is 0 Å². The molecule has 0 unspecified atom stereocenters. The van der Waals surface area contributed by atoms with Gasteiger partial charge in [0, 0.05) is 22.9 Å². The second kappa shape index (κ2) is 11.3. The number of nitrogens with two attached hydrogens (primary N) is 1. The summed E-state index contributed by atoms with van der Waals surface area (Å²) in [5.74, 6) is -0.376. The number of imide groups is 1. The highest BCUT2D eigenvalue weighted by Gasteiger charge is 2.34. The van der Waals surface area contributed by atoms with Crippen molar-refractivity contribution in [1.82, 2.24) is 19.9 Å². The van der Waals surface area contributed by atoms with Crippen LogP contribution in [-0.2, 0) is 9.47 Å².